The Kier molecular flexibility index (Phi) is 4.11. The fourth-order valence-electron chi connectivity index (χ4n) is 4.37. The summed E-state index contributed by atoms with van der Waals surface area (Å²) < 4.78 is 0. The molecule has 1 aliphatic carbocycles. The standard InChI is InChI=1S/C18H25N5O2/c19-15(24)13-2-1-5-21-16(13)22-8-10-23(11-9-22)17(25)14-12-18(14)3-6-20-7-4-18/h1-2,5,14,20H,3-4,6-12H2,(H2,19,24). The maximum absolute atomic E-state index is 12.8. The van der Waals surface area contributed by atoms with Crippen LogP contribution < -0.4 is 16.0 Å². The molecule has 0 radical (unpaired) electrons. The molecular weight excluding hydrogens is 318 g/mol. The van der Waals surface area contributed by atoms with E-state index in [0.29, 0.717) is 43.5 Å². The highest BCUT2D eigenvalue weighted by Crippen LogP contribution is 2.59. The van der Waals surface area contributed by atoms with E-state index in [1.165, 1.54) is 0 Å². The molecule has 1 aromatic rings. The highest BCUT2D eigenvalue weighted by atomic mass is 16.2. The molecule has 25 heavy (non-hydrogen) atoms. The van der Waals surface area contributed by atoms with E-state index in [4.69, 9.17) is 5.73 Å². The molecule has 7 heteroatoms. The van der Waals surface area contributed by atoms with Crippen molar-refractivity contribution < 1.29 is 9.59 Å². The Bertz CT molecular complexity index is 678. The molecule has 1 saturated carbocycles. The summed E-state index contributed by atoms with van der Waals surface area (Å²) in [6, 6.07) is 3.42. The first-order valence-corrected chi connectivity index (χ1v) is 9.10. The van der Waals surface area contributed by atoms with Crippen LogP contribution >= 0.6 is 0 Å². The van der Waals surface area contributed by atoms with E-state index < -0.39 is 5.91 Å². The van der Waals surface area contributed by atoms with Gasteiger partial charge in [-0.1, -0.05) is 0 Å². The number of nitrogens with one attached hydrogen (secondary N) is 1. The predicted molar refractivity (Wildman–Crippen MR) is 94.2 cm³/mol. The Morgan fingerprint density at radius 3 is 2.60 bits per heavy atom. The number of carbonyl (C=O) groups excluding carboxylic acids is 2. The molecule has 1 aromatic heterocycles. The third-order valence-electron chi connectivity index (χ3n) is 6.03. The molecule has 1 spiro atoms. The van der Waals surface area contributed by atoms with Gasteiger partial charge in [0.25, 0.3) is 5.91 Å². The number of hydrogen-bond donors (Lipinski definition) is 2. The maximum atomic E-state index is 12.8. The average molecular weight is 343 g/mol. The van der Waals surface area contributed by atoms with Crippen LogP contribution in [-0.2, 0) is 4.79 Å². The lowest BCUT2D eigenvalue weighted by molar-refractivity contribution is -0.133. The number of rotatable bonds is 3. The SMILES string of the molecule is NC(=O)c1cccnc1N1CCN(C(=O)C2CC23CCNCC3)CC1. The van der Waals surface area contributed by atoms with Crippen LogP contribution in [-0.4, -0.2) is 61.0 Å². The molecule has 4 rings (SSSR count). The molecule has 3 N–H and O–H groups in total. The highest BCUT2D eigenvalue weighted by molar-refractivity contribution is 5.97. The fraction of sp³-hybridized carbons (Fsp3) is 0.611. The quantitative estimate of drug-likeness (QED) is 0.819. The monoisotopic (exact) mass is 343 g/mol. The van der Waals surface area contributed by atoms with Gasteiger partial charge in [-0.3, -0.25) is 9.59 Å². The summed E-state index contributed by atoms with van der Waals surface area (Å²) in [5.74, 6) is 0.700. The topological polar surface area (TPSA) is 91.6 Å². The molecule has 1 unspecified atom stereocenters. The van der Waals surface area contributed by atoms with Crippen molar-refractivity contribution in [2.75, 3.05) is 44.2 Å². The van der Waals surface area contributed by atoms with Gasteiger partial charge in [-0.05, 0) is 49.9 Å². The van der Waals surface area contributed by atoms with E-state index in [9.17, 15) is 9.59 Å². The van der Waals surface area contributed by atoms with E-state index >= 15 is 0 Å². The van der Waals surface area contributed by atoms with Crippen molar-refractivity contribution in [3.05, 3.63) is 23.9 Å². The number of aromatic nitrogens is 1. The summed E-state index contributed by atoms with van der Waals surface area (Å²) in [5, 5.41) is 3.38. The summed E-state index contributed by atoms with van der Waals surface area (Å²) in [6.07, 6.45) is 4.97. The molecule has 2 aliphatic heterocycles. The van der Waals surface area contributed by atoms with Gasteiger partial charge in [0.05, 0.1) is 5.56 Å². The Labute approximate surface area is 147 Å². The van der Waals surface area contributed by atoms with Crippen molar-refractivity contribution in [2.24, 2.45) is 17.1 Å². The van der Waals surface area contributed by atoms with Gasteiger partial charge in [0.2, 0.25) is 5.91 Å². The van der Waals surface area contributed by atoms with Crippen LogP contribution in [0.3, 0.4) is 0 Å². The molecule has 0 bridgehead atoms. The molecule has 0 aromatic carbocycles. The lowest BCUT2D eigenvalue weighted by Crippen LogP contribution is -2.50. The van der Waals surface area contributed by atoms with Crippen molar-refractivity contribution in [3.8, 4) is 0 Å². The van der Waals surface area contributed by atoms with Crippen molar-refractivity contribution >= 4 is 17.6 Å². The minimum Gasteiger partial charge on any atom is -0.365 e. The number of nitrogens with two attached hydrogens (primary N) is 1. The molecule has 2 saturated heterocycles. The second-order valence-electron chi connectivity index (χ2n) is 7.42. The van der Waals surface area contributed by atoms with E-state index in [1.807, 2.05) is 4.90 Å². The Balaban J connectivity index is 1.38. The minimum absolute atomic E-state index is 0.220. The highest BCUT2D eigenvalue weighted by Gasteiger charge is 2.58. The zero-order chi connectivity index (χ0) is 17.4. The average Bonchev–Trinajstić information content (AvgIpc) is 3.34. The number of piperazine rings is 1. The van der Waals surface area contributed by atoms with E-state index in [1.54, 1.807) is 18.3 Å². The number of anilines is 1. The number of hydrogen-bond acceptors (Lipinski definition) is 5. The summed E-state index contributed by atoms with van der Waals surface area (Å²) >= 11 is 0. The summed E-state index contributed by atoms with van der Waals surface area (Å²) in [4.78, 5) is 32.8. The van der Waals surface area contributed by atoms with Crippen LogP contribution in [0.15, 0.2) is 18.3 Å². The molecule has 7 nitrogen and oxygen atoms in total. The summed E-state index contributed by atoms with van der Waals surface area (Å²) in [5.41, 5.74) is 6.17. The van der Waals surface area contributed by atoms with E-state index in [-0.39, 0.29) is 11.3 Å². The van der Waals surface area contributed by atoms with Crippen LogP contribution in [0, 0.1) is 11.3 Å². The fourth-order valence-corrected chi connectivity index (χ4v) is 4.37. The van der Waals surface area contributed by atoms with E-state index in [0.717, 1.165) is 32.4 Å². The Hall–Kier alpha value is -2.15. The zero-order valence-electron chi connectivity index (χ0n) is 14.4. The third-order valence-corrected chi connectivity index (χ3v) is 6.03. The predicted octanol–water partition coefficient (Wildman–Crippen LogP) is 0.219. The third kappa shape index (κ3) is 2.97. The molecular formula is C18H25N5O2. The number of primary amides is 1. The van der Waals surface area contributed by atoms with Crippen LogP contribution in [0.5, 0.6) is 0 Å². The van der Waals surface area contributed by atoms with Crippen molar-refractivity contribution in [1.82, 2.24) is 15.2 Å². The normalized spacial score (nSPS) is 25.0. The van der Waals surface area contributed by atoms with Gasteiger partial charge in [-0.25, -0.2) is 4.98 Å². The number of carbonyl (C=O) groups is 2. The van der Waals surface area contributed by atoms with Crippen molar-refractivity contribution in [1.29, 1.82) is 0 Å². The van der Waals surface area contributed by atoms with Crippen molar-refractivity contribution in [3.63, 3.8) is 0 Å². The summed E-state index contributed by atoms with van der Waals surface area (Å²) in [6.45, 7) is 4.80. The van der Waals surface area contributed by atoms with Gasteiger partial charge >= 0.3 is 0 Å². The second-order valence-corrected chi connectivity index (χ2v) is 7.42. The molecule has 3 aliphatic rings. The second kappa shape index (κ2) is 6.29. The molecule has 3 fully saturated rings. The molecule has 1 atom stereocenters. The van der Waals surface area contributed by atoms with Crippen LogP contribution in [0.25, 0.3) is 0 Å². The van der Waals surface area contributed by atoms with Crippen LogP contribution in [0.1, 0.15) is 29.6 Å². The molecule has 2 amide bonds. The largest absolute Gasteiger partial charge is 0.365 e. The zero-order valence-corrected chi connectivity index (χ0v) is 14.4. The molecule has 134 valence electrons. The van der Waals surface area contributed by atoms with Crippen LogP contribution in [0.4, 0.5) is 5.82 Å². The Morgan fingerprint density at radius 2 is 1.92 bits per heavy atom. The lowest BCUT2D eigenvalue weighted by atomic mass is 9.91. The molecule has 3 heterocycles. The van der Waals surface area contributed by atoms with Gasteiger partial charge in [0.1, 0.15) is 5.82 Å². The summed E-state index contributed by atoms with van der Waals surface area (Å²) in [7, 11) is 0. The Morgan fingerprint density at radius 1 is 1.20 bits per heavy atom. The first-order chi connectivity index (χ1) is 12.1. The first-order valence-electron chi connectivity index (χ1n) is 9.10. The van der Waals surface area contributed by atoms with Crippen molar-refractivity contribution in [2.45, 2.75) is 19.3 Å². The van der Waals surface area contributed by atoms with Gasteiger partial charge in [0, 0.05) is 38.3 Å². The minimum atomic E-state index is -0.465. The van der Waals surface area contributed by atoms with Gasteiger partial charge in [-0.15, -0.1) is 0 Å². The smallest absolute Gasteiger partial charge is 0.252 e. The number of amides is 2. The number of nitrogens with zero attached hydrogens (tertiary/aromatic N) is 3. The van der Waals surface area contributed by atoms with E-state index in [2.05, 4.69) is 15.2 Å². The first kappa shape index (κ1) is 16.3. The number of pyridine rings is 1. The maximum Gasteiger partial charge on any atom is 0.252 e. The lowest BCUT2D eigenvalue weighted by Gasteiger charge is -2.36. The van der Waals surface area contributed by atoms with Gasteiger partial charge in [0.15, 0.2) is 0 Å². The van der Waals surface area contributed by atoms with Gasteiger partial charge < -0.3 is 20.9 Å². The number of piperidine rings is 1. The van der Waals surface area contributed by atoms with Crippen LogP contribution in [0.2, 0.25) is 0 Å². The van der Waals surface area contributed by atoms with Gasteiger partial charge in [-0.2, -0.15) is 0 Å².